The van der Waals surface area contributed by atoms with Crippen LogP contribution in [-0.4, -0.2) is 23.5 Å². The molecule has 0 saturated carbocycles. The lowest BCUT2D eigenvalue weighted by molar-refractivity contribution is 0.187. The smallest absolute Gasteiger partial charge is 0.0348 e. The third-order valence-electron chi connectivity index (χ3n) is 3.19. The molecule has 0 spiro atoms. The normalized spacial score (nSPS) is 23.7. The van der Waals surface area contributed by atoms with Gasteiger partial charge in [0.1, 0.15) is 0 Å². The third kappa shape index (κ3) is 1.80. The van der Waals surface area contributed by atoms with E-state index in [2.05, 4.69) is 29.9 Å². The van der Waals surface area contributed by atoms with Gasteiger partial charge in [-0.1, -0.05) is 6.42 Å². The second kappa shape index (κ2) is 4.09. The van der Waals surface area contributed by atoms with Gasteiger partial charge in [-0.05, 0) is 50.6 Å². The molecule has 2 nitrogen and oxygen atoms in total. The summed E-state index contributed by atoms with van der Waals surface area (Å²) in [4.78, 5) is 6.61. The molecular weight excluding hydrogens is 172 g/mol. The first kappa shape index (κ1) is 9.66. The van der Waals surface area contributed by atoms with E-state index in [9.17, 15) is 0 Å². The zero-order valence-electron chi connectivity index (χ0n) is 9.03. The van der Waals surface area contributed by atoms with Gasteiger partial charge >= 0.3 is 0 Å². The van der Waals surface area contributed by atoms with Crippen molar-refractivity contribution in [2.24, 2.45) is 0 Å². The van der Waals surface area contributed by atoms with Crippen molar-refractivity contribution < 1.29 is 0 Å². The highest BCUT2D eigenvalue weighted by atomic mass is 15.1. The summed E-state index contributed by atoms with van der Waals surface area (Å²) in [6.45, 7) is 3.39. The second-order valence-electron chi connectivity index (χ2n) is 4.22. The van der Waals surface area contributed by atoms with E-state index in [1.807, 2.05) is 12.4 Å². The van der Waals surface area contributed by atoms with E-state index in [1.54, 1.807) is 0 Å². The number of nitrogens with zero attached hydrogens (tertiary/aromatic N) is 2. The van der Waals surface area contributed by atoms with Crippen LogP contribution in [0.2, 0.25) is 0 Å². The van der Waals surface area contributed by atoms with Crippen LogP contribution in [0, 0.1) is 6.92 Å². The van der Waals surface area contributed by atoms with Gasteiger partial charge in [0.05, 0.1) is 0 Å². The van der Waals surface area contributed by atoms with E-state index < -0.39 is 0 Å². The maximum atomic E-state index is 4.15. The molecule has 0 aliphatic carbocycles. The first-order valence-corrected chi connectivity index (χ1v) is 5.40. The lowest BCUT2D eigenvalue weighted by atomic mass is 9.94. The van der Waals surface area contributed by atoms with Crippen molar-refractivity contribution in [3.63, 3.8) is 0 Å². The number of rotatable bonds is 1. The molecule has 1 aliphatic heterocycles. The van der Waals surface area contributed by atoms with Crippen molar-refractivity contribution in [1.82, 2.24) is 9.88 Å². The number of pyridine rings is 1. The Morgan fingerprint density at radius 2 is 2.29 bits per heavy atom. The first-order chi connectivity index (χ1) is 6.79. The molecule has 1 aromatic rings. The molecular formula is C12H18N2. The molecule has 1 aliphatic rings. The Morgan fingerprint density at radius 1 is 1.43 bits per heavy atom. The minimum atomic E-state index is 0.617. The van der Waals surface area contributed by atoms with Gasteiger partial charge in [-0.25, -0.2) is 0 Å². The molecule has 0 bridgehead atoms. The summed E-state index contributed by atoms with van der Waals surface area (Å²) in [6, 6.07) is 2.79. The molecule has 1 saturated heterocycles. The zero-order valence-corrected chi connectivity index (χ0v) is 9.03. The molecule has 2 heterocycles. The summed E-state index contributed by atoms with van der Waals surface area (Å²) < 4.78 is 0. The van der Waals surface area contributed by atoms with E-state index in [-0.39, 0.29) is 0 Å². The lowest BCUT2D eigenvalue weighted by Gasteiger charge is -2.33. The van der Waals surface area contributed by atoms with E-state index in [4.69, 9.17) is 0 Å². The van der Waals surface area contributed by atoms with Crippen molar-refractivity contribution >= 4 is 0 Å². The zero-order chi connectivity index (χ0) is 9.97. The number of piperidine rings is 1. The molecule has 0 N–H and O–H groups in total. The lowest BCUT2D eigenvalue weighted by Crippen LogP contribution is -2.30. The van der Waals surface area contributed by atoms with E-state index in [0.29, 0.717) is 6.04 Å². The number of aryl methyl sites for hydroxylation is 1. The van der Waals surface area contributed by atoms with Gasteiger partial charge in [0.25, 0.3) is 0 Å². The molecule has 0 radical (unpaired) electrons. The van der Waals surface area contributed by atoms with Gasteiger partial charge in [0.15, 0.2) is 0 Å². The minimum absolute atomic E-state index is 0.617. The van der Waals surface area contributed by atoms with Crippen LogP contribution in [0.3, 0.4) is 0 Å². The Morgan fingerprint density at radius 3 is 3.00 bits per heavy atom. The molecule has 14 heavy (non-hydrogen) atoms. The van der Waals surface area contributed by atoms with Gasteiger partial charge in [0, 0.05) is 18.4 Å². The molecule has 0 amide bonds. The average Bonchev–Trinajstić information content (AvgIpc) is 2.20. The number of likely N-dealkylation sites (tertiary alicyclic amines) is 1. The summed E-state index contributed by atoms with van der Waals surface area (Å²) >= 11 is 0. The van der Waals surface area contributed by atoms with Crippen molar-refractivity contribution in [2.45, 2.75) is 32.2 Å². The number of hydrogen-bond acceptors (Lipinski definition) is 2. The average molecular weight is 190 g/mol. The molecule has 1 fully saturated rings. The second-order valence-corrected chi connectivity index (χ2v) is 4.22. The summed E-state index contributed by atoms with van der Waals surface area (Å²) in [5.74, 6) is 0. The maximum absolute atomic E-state index is 4.15. The largest absolute Gasteiger partial charge is 0.299 e. The molecule has 1 aromatic heterocycles. The molecule has 1 atom stereocenters. The highest BCUT2D eigenvalue weighted by Crippen LogP contribution is 2.30. The van der Waals surface area contributed by atoms with Crippen molar-refractivity contribution in [1.29, 1.82) is 0 Å². The van der Waals surface area contributed by atoms with Crippen molar-refractivity contribution in [3.8, 4) is 0 Å². The molecule has 76 valence electrons. The Kier molecular flexibility index (Phi) is 2.82. The summed E-state index contributed by atoms with van der Waals surface area (Å²) in [6.07, 6.45) is 7.87. The van der Waals surface area contributed by atoms with Gasteiger partial charge in [-0.2, -0.15) is 0 Å². The SMILES string of the molecule is Cc1cnccc1C1CCCCN1C. The van der Waals surface area contributed by atoms with E-state index in [0.717, 1.165) is 0 Å². The fourth-order valence-corrected chi connectivity index (χ4v) is 2.33. The van der Waals surface area contributed by atoms with Gasteiger partial charge in [0.2, 0.25) is 0 Å². The Hall–Kier alpha value is -0.890. The monoisotopic (exact) mass is 190 g/mol. The van der Waals surface area contributed by atoms with Crippen LogP contribution in [0.25, 0.3) is 0 Å². The van der Waals surface area contributed by atoms with Crippen LogP contribution < -0.4 is 0 Å². The van der Waals surface area contributed by atoms with Crippen LogP contribution in [0.15, 0.2) is 18.5 Å². The highest BCUT2D eigenvalue weighted by Gasteiger charge is 2.21. The predicted molar refractivity (Wildman–Crippen MR) is 58.2 cm³/mol. The van der Waals surface area contributed by atoms with Crippen LogP contribution in [0.4, 0.5) is 0 Å². The summed E-state index contributed by atoms with van der Waals surface area (Å²) in [5.41, 5.74) is 2.79. The number of hydrogen-bond donors (Lipinski definition) is 0. The fraction of sp³-hybridized carbons (Fsp3) is 0.583. The third-order valence-corrected chi connectivity index (χ3v) is 3.19. The van der Waals surface area contributed by atoms with Gasteiger partial charge in [-0.3, -0.25) is 9.88 Å². The van der Waals surface area contributed by atoms with E-state index >= 15 is 0 Å². The Labute approximate surface area is 86.0 Å². The van der Waals surface area contributed by atoms with Crippen LogP contribution >= 0.6 is 0 Å². The number of aromatic nitrogens is 1. The Balaban J connectivity index is 2.25. The molecule has 1 unspecified atom stereocenters. The maximum Gasteiger partial charge on any atom is 0.0348 e. The van der Waals surface area contributed by atoms with Crippen molar-refractivity contribution in [2.75, 3.05) is 13.6 Å². The topological polar surface area (TPSA) is 16.1 Å². The Bertz CT molecular complexity index is 309. The highest BCUT2D eigenvalue weighted by molar-refractivity contribution is 5.25. The van der Waals surface area contributed by atoms with Crippen LogP contribution in [0.1, 0.15) is 36.4 Å². The fourth-order valence-electron chi connectivity index (χ4n) is 2.33. The van der Waals surface area contributed by atoms with Crippen molar-refractivity contribution in [3.05, 3.63) is 29.6 Å². The minimum Gasteiger partial charge on any atom is -0.299 e. The molecule has 2 heteroatoms. The van der Waals surface area contributed by atoms with E-state index in [1.165, 1.54) is 36.9 Å². The van der Waals surface area contributed by atoms with Crippen LogP contribution in [0.5, 0.6) is 0 Å². The quantitative estimate of drug-likeness (QED) is 0.676. The molecule has 0 aromatic carbocycles. The standard InChI is InChI=1S/C12H18N2/c1-10-9-13-7-6-11(10)12-5-3-4-8-14(12)2/h6-7,9,12H,3-5,8H2,1-2H3. The summed E-state index contributed by atoms with van der Waals surface area (Å²) in [7, 11) is 2.23. The van der Waals surface area contributed by atoms with Gasteiger partial charge in [-0.15, -0.1) is 0 Å². The predicted octanol–water partition coefficient (Wildman–Crippen LogP) is 2.55. The van der Waals surface area contributed by atoms with Gasteiger partial charge < -0.3 is 0 Å². The molecule has 2 rings (SSSR count). The van der Waals surface area contributed by atoms with Crippen LogP contribution in [-0.2, 0) is 0 Å². The first-order valence-electron chi connectivity index (χ1n) is 5.40. The summed E-state index contributed by atoms with van der Waals surface area (Å²) in [5, 5.41) is 0.